The van der Waals surface area contributed by atoms with Crippen LogP contribution in [0.2, 0.25) is 0 Å². The third-order valence-electron chi connectivity index (χ3n) is 2.42. The molecule has 100 valence electrons. The monoisotopic (exact) mass is 380 g/mol. The number of hydrogen-bond donors (Lipinski definition) is 0. The Bertz CT molecular complexity index is 472. The summed E-state index contributed by atoms with van der Waals surface area (Å²) in [6.07, 6.45) is 0. The predicted molar refractivity (Wildman–Crippen MR) is 75.6 cm³/mol. The second-order valence-electron chi connectivity index (χ2n) is 3.41. The molecule has 0 unspecified atom stereocenters. The lowest BCUT2D eigenvalue weighted by molar-refractivity contribution is 0.0521. The number of hydrogen-bond acceptors (Lipinski definition) is 4. The average Bonchev–Trinajstić information content (AvgIpc) is 2.34. The van der Waals surface area contributed by atoms with Gasteiger partial charge in [0.2, 0.25) is 0 Å². The Kier molecular flexibility index (Phi) is 5.47. The molecule has 0 N–H and O–H groups in total. The third kappa shape index (κ3) is 2.64. The molecule has 0 aromatic heterocycles. The smallest absolute Gasteiger partial charge is 0.342 e. The van der Waals surface area contributed by atoms with E-state index in [0.29, 0.717) is 38.2 Å². The lowest BCUT2D eigenvalue weighted by atomic mass is 10.1. The Morgan fingerprint density at radius 3 is 2.11 bits per heavy atom. The molecule has 0 saturated heterocycles. The number of carbonyl (C=O) groups excluding carboxylic acids is 1. The highest BCUT2D eigenvalue weighted by Crippen LogP contribution is 2.45. The van der Waals surface area contributed by atoms with Crippen molar-refractivity contribution in [1.29, 1.82) is 0 Å². The summed E-state index contributed by atoms with van der Waals surface area (Å²) in [5.74, 6) is 0.569. The largest absolute Gasteiger partial charge is 0.495 e. The minimum absolute atomic E-state index is 0.308. The molecule has 0 aliphatic heterocycles. The summed E-state index contributed by atoms with van der Waals surface area (Å²) in [5.41, 5.74) is 1.10. The maximum Gasteiger partial charge on any atom is 0.342 e. The molecular formula is C12H14Br2O4. The maximum absolute atomic E-state index is 12.0. The summed E-state index contributed by atoms with van der Waals surface area (Å²) in [7, 11) is 3.05. The minimum Gasteiger partial charge on any atom is -0.495 e. The normalized spacial score (nSPS) is 10.1. The van der Waals surface area contributed by atoms with Crippen LogP contribution in [0.3, 0.4) is 0 Å². The summed E-state index contributed by atoms with van der Waals surface area (Å²) >= 11 is 6.78. The van der Waals surface area contributed by atoms with E-state index in [1.165, 1.54) is 7.11 Å². The number of methoxy groups -OCH3 is 2. The highest BCUT2D eigenvalue weighted by atomic mass is 79.9. The molecule has 0 atom stereocenters. The topological polar surface area (TPSA) is 44.8 Å². The van der Waals surface area contributed by atoms with Crippen molar-refractivity contribution in [1.82, 2.24) is 0 Å². The van der Waals surface area contributed by atoms with Crippen LogP contribution in [0.5, 0.6) is 11.5 Å². The van der Waals surface area contributed by atoms with Gasteiger partial charge in [-0.15, -0.1) is 0 Å². The number of ether oxygens (including phenoxy) is 3. The van der Waals surface area contributed by atoms with Gasteiger partial charge in [-0.1, -0.05) is 0 Å². The second kappa shape index (κ2) is 6.43. The first-order valence-electron chi connectivity index (χ1n) is 5.26. The summed E-state index contributed by atoms with van der Waals surface area (Å²) in [5, 5.41) is 0. The Hall–Kier alpha value is -0.750. The fourth-order valence-corrected chi connectivity index (χ4v) is 3.12. The number of esters is 1. The van der Waals surface area contributed by atoms with E-state index in [1.807, 2.05) is 0 Å². The Morgan fingerprint density at radius 2 is 1.67 bits per heavy atom. The molecule has 0 bridgehead atoms. The molecule has 1 aromatic rings. The number of benzene rings is 1. The minimum atomic E-state index is -0.420. The van der Waals surface area contributed by atoms with Crippen molar-refractivity contribution in [3.8, 4) is 11.5 Å². The molecule has 0 aliphatic rings. The molecule has 0 radical (unpaired) electrons. The molecule has 6 heteroatoms. The van der Waals surface area contributed by atoms with Crippen LogP contribution in [-0.2, 0) is 4.74 Å². The average molecular weight is 382 g/mol. The number of rotatable bonds is 4. The Balaban J connectivity index is 3.55. The molecule has 0 spiro atoms. The Labute approximate surface area is 123 Å². The van der Waals surface area contributed by atoms with Gasteiger partial charge < -0.3 is 14.2 Å². The van der Waals surface area contributed by atoms with Crippen LogP contribution < -0.4 is 9.47 Å². The van der Waals surface area contributed by atoms with Gasteiger partial charge in [-0.3, -0.25) is 0 Å². The molecule has 1 aromatic carbocycles. The number of halogens is 2. The highest BCUT2D eigenvalue weighted by Gasteiger charge is 2.25. The molecule has 0 saturated carbocycles. The summed E-state index contributed by atoms with van der Waals surface area (Å²) < 4.78 is 16.8. The van der Waals surface area contributed by atoms with Crippen LogP contribution >= 0.6 is 31.9 Å². The van der Waals surface area contributed by atoms with Gasteiger partial charge in [-0.25, -0.2) is 4.79 Å². The van der Waals surface area contributed by atoms with Gasteiger partial charge in [0.15, 0.2) is 11.5 Å². The van der Waals surface area contributed by atoms with Gasteiger partial charge in [0, 0.05) is 0 Å². The quantitative estimate of drug-likeness (QED) is 0.745. The summed E-state index contributed by atoms with van der Waals surface area (Å²) in [6, 6.07) is 0. The highest BCUT2D eigenvalue weighted by molar-refractivity contribution is 9.11. The van der Waals surface area contributed by atoms with Gasteiger partial charge in [-0.05, 0) is 51.3 Å². The van der Waals surface area contributed by atoms with E-state index in [0.717, 1.165) is 0 Å². The molecule has 18 heavy (non-hydrogen) atoms. The van der Waals surface area contributed by atoms with Crippen LogP contribution in [0.25, 0.3) is 0 Å². The van der Waals surface area contributed by atoms with Gasteiger partial charge in [-0.2, -0.15) is 0 Å². The zero-order valence-corrected chi connectivity index (χ0v) is 13.8. The van der Waals surface area contributed by atoms with E-state index in [9.17, 15) is 4.79 Å². The molecule has 0 aliphatic carbocycles. The fraction of sp³-hybridized carbons (Fsp3) is 0.417. The van der Waals surface area contributed by atoms with Gasteiger partial charge in [0.25, 0.3) is 0 Å². The first kappa shape index (κ1) is 15.3. The van der Waals surface area contributed by atoms with Crippen LogP contribution in [0.15, 0.2) is 8.95 Å². The van der Waals surface area contributed by atoms with Gasteiger partial charge >= 0.3 is 5.97 Å². The van der Waals surface area contributed by atoms with Crippen molar-refractivity contribution >= 4 is 37.8 Å². The molecule has 4 nitrogen and oxygen atoms in total. The van der Waals surface area contributed by atoms with Crippen LogP contribution in [0.4, 0.5) is 0 Å². The van der Waals surface area contributed by atoms with E-state index in [4.69, 9.17) is 14.2 Å². The Morgan fingerprint density at radius 1 is 1.11 bits per heavy atom. The zero-order chi connectivity index (χ0) is 13.9. The van der Waals surface area contributed by atoms with Gasteiger partial charge in [0.05, 0.1) is 25.3 Å². The standard InChI is InChI=1S/C12H14Br2O4/c1-5-18-12(15)7-6(2)8(13)11(17-4)9(14)10(7)16-3/h5H2,1-4H3. The van der Waals surface area contributed by atoms with E-state index in [2.05, 4.69) is 31.9 Å². The van der Waals surface area contributed by atoms with Crippen molar-refractivity contribution in [3.05, 3.63) is 20.1 Å². The van der Waals surface area contributed by atoms with Crippen molar-refractivity contribution < 1.29 is 19.0 Å². The van der Waals surface area contributed by atoms with Crippen LogP contribution in [0.1, 0.15) is 22.8 Å². The second-order valence-corrected chi connectivity index (χ2v) is 5.00. The lowest BCUT2D eigenvalue weighted by Gasteiger charge is -2.17. The summed E-state index contributed by atoms with van der Waals surface area (Å²) in [6.45, 7) is 3.86. The van der Waals surface area contributed by atoms with Crippen molar-refractivity contribution in [2.75, 3.05) is 20.8 Å². The SMILES string of the molecule is CCOC(=O)c1c(C)c(Br)c(OC)c(Br)c1OC. The molecule has 0 fully saturated rings. The zero-order valence-electron chi connectivity index (χ0n) is 10.6. The van der Waals surface area contributed by atoms with Crippen molar-refractivity contribution in [2.45, 2.75) is 13.8 Å². The molecule has 1 rings (SSSR count). The van der Waals surface area contributed by atoms with E-state index in [1.54, 1.807) is 21.0 Å². The van der Waals surface area contributed by atoms with Crippen LogP contribution in [-0.4, -0.2) is 26.8 Å². The predicted octanol–water partition coefficient (Wildman–Crippen LogP) is 3.71. The van der Waals surface area contributed by atoms with Crippen molar-refractivity contribution in [3.63, 3.8) is 0 Å². The molecular weight excluding hydrogens is 368 g/mol. The van der Waals surface area contributed by atoms with Crippen LogP contribution in [0, 0.1) is 6.92 Å². The van der Waals surface area contributed by atoms with E-state index < -0.39 is 5.97 Å². The first-order valence-corrected chi connectivity index (χ1v) is 6.84. The molecule has 0 amide bonds. The van der Waals surface area contributed by atoms with Gasteiger partial charge in [0.1, 0.15) is 10.0 Å². The number of carbonyl (C=O) groups is 1. The maximum atomic E-state index is 12.0. The van der Waals surface area contributed by atoms with Crippen molar-refractivity contribution in [2.24, 2.45) is 0 Å². The molecule has 0 heterocycles. The first-order chi connectivity index (χ1) is 8.49. The van der Waals surface area contributed by atoms with E-state index >= 15 is 0 Å². The fourth-order valence-electron chi connectivity index (χ4n) is 1.58. The third-order valence-corrected chi connectivity index (χ3v) is 4.09. The lowest BCUT2D eigenvalue weighted by Crippen LogP contribution is -2.10. The summed E-state index contributed by atoms with van der Waals surface area (Å²) in [4.78, 5) is 12.0. The van der Waals surface area contributed by atoms with E-state index in [-0.39, 0.29) is 0 Å².